The Bertz CT molecular complexity index is 515. The van der Waals surface area contributed by atoms with Crippen molar-refractivity contribution in [3.05, 3.63) is 46.2 Å². The third-order valence-electron chi connectivity index (χ3n) is 1.93. The van der Waals surface area contributed by atoms with Gasteiger partial charge in [0, 0.05) is 12.4 Å². The molecule has 0 saturated carbocycles. The summed E-state index contributed by atoms with van der Waals surface area (Å²) in [6.07, 6.45) is 3.14. The zero-order chi connectivity index (χ0) is 11.5. The Balaban J connectivity index is 2.12. The van der Waals surface area contributed by atoms with Crippen LogP contribution >= 0.6 is 0 Å². The number of aromatic amines is 1. The lowest BCUT2D eigenvalue weighted by Crippen LogP contribution is -2.03. The lowest BCUT2D eigenvalue weighted by Gasteiger charge is -1.92. The van der Waals surface area contributed by atoms with Gasteiger partial charge in [0.25, 0.3) is 0 Å². The summed E-state index contributed by atoms with van der Waals surface area (Å²) < 4.78 is 4.77. The number of H-pyrrole nitrogens is 1. The first-order valence-electron chi connectivity index (χ1n) is 4.42. The number of imidazole rings is 1. The molecule has 0 bridgehead atoms. The Labute approximate surface area is 89.3 Å². The second-order valence-electron chi connectivity index (χ2n) is 3.03. The summed E-state index contributed by atoms with van der Waals surface area (Å²) in [6.45, 7) is 0. The van der Waals surface area contributed by atoms with Gasteiger partial charge in [-0.15, -0.1) is 0 Å². The molecule has 7 heteroatoms. The first kappa shape index (κ1) is 10.1. The molecule has 1 N–H and O–H groups in total. The van der Waals surface area contributed by atoms with E-state index >= 15 is 0 Å². The highest BCUT2D eigenvalue weighted by Crippen LogP contribution is 2.16. The maximum Gasteiger partial charge on any atom is 0.433 e. The third-order valence-corrected chi connectivity index (χ3v) is 1.93. The zero-order valence-corrected chi connectivity index (χ0v) is 8.04. The number of hydrogen-bond acceptors (Lipinski definition) is 5. The van der Waals surface area contributed by atoms with Crippen molar-refractivity contribution in [3.8, 4) is 0 Å². The number of Topliss-reactive ketones (excluding diaryl/α,β-unsaturated/α-hetero) is 1. The van der Waals surface area contributed by atoms with E-state index in [2.05, 4.69) is 9.97 Å². The van der Waals surface area contributed by atoms with Gasteiger partial charge in [-0.3, -0.25) is 14.9 Å². The topological polar surface area (TPSA) is 102 Å². The maximum absolute atomic E-state index is 11.6. The van der Waals surface area contributed by atoms with Gasteiger partial charge in [0.1, 0.15) is 10.7 Å². The monoisotopic (exact) mass is 221 g/mol. The van der Waals surface area contributed by atoms with Crippen molar-refractivity contribution in [2.24, 2.45) is 0 Å². The van der Waals surface area contributed by atoms with Gasteiger partial charge in [-0.25, -0.2) is 4.98 Å². The number of ketones is 1. The number of nitrogens with one attached hydrogen (secondary N) is 1. The Morgan fingerprint density at radius 2 is 2.38 bits per heavy atom. The number of furan rings is 1. The molecule has 0 amide bonds. The van der Waals surface area contributed by atoms with Gasteiger partial charge in [0.15, 0.2) is 5.76 Å². The number of carbonyl (C=O) groups excluding carboxylic acids is 1. The molecule has 0 fully saturated rings. The Kier molecular flexibility index (Phi) is 2.50. The van der Waals surface area contributed by atoms with Crippen LogP contribution in [0.4, 0.5) is 5.88 Å². The number of nitrogens with zero attached hydrogens (tertiary/aromatic N) is 2. The summed E-state index contributed by atoms with van der Waals surface area (Å²) in [5.74, 6) is -0.349. The predicted molar refractivity (Wildman–Crippen MR) is 52.0 cm³/mol. The van der Waals surface area contributed by atoms with Crippen LogP contribution in [0.3, 0.4) is 0 Å². The van der Waals surface area contributed by atoms with Crippen molar-refractivity contribution in [1.29, 1.82) is 0 Å². The smallest absolute Gasteiger partial charge is 0.397 e. The average molecular weight is 221 g/mol. The molecule has 0 unspecified atom stereocenters. The van der Waals surface area contributed by atoms with E-state index in [1.807, 2.05) is 0 Å². The molecule has 2 aromatic rings. The van der Waals surface area contributed by atoms with E-state index in [1.54, 1.807) is 6.20 Å². The van der Waals surface area contributed by atoms with E-state index < -0.39 is 10.8 Å². The van der Waals surface area contributed by atoms with Crippen molar-refractivity contribution in [1.82, 2.24) is 9.97 Å². The summed E-state index contributed by atoms with van der Waals surface area (Å²) in [6, 6.07) is 2.43. The molecule has 0 spiro atoms. The predicted octanol–water partition coefficient (Wildman–Crippen LogP) is 1.34. The van der Waals surface area contributed by atoms with Crippen LogP contribution in [0.15, 0.2) is 28.9 Å². The third kappa shape index (κ3) is 1.97. The fraction of sp³-hybridized carbons (Fsp3) is 0.111. The maximum atomic E-state index is 11.6. The number of nitro groups is 1. The standard InChI is InChI=1S/C9H7N3O4/c13-6(5-8-10-3-4-11-8)7-1-2-9(16-7)12(14)15/h1-4H,5H2,(H,10,11). The highest BCUT2D eigenvalue weighted by Gasteiger charge is 2.17. The second kappa shape index (κ2) is 3.97. The summed E-state index contributed by atoms with van der Waals surface area (Å²) >= 11 is 0. The molecule has 0 radical (unpaired) electrons. The van der Waals surface area contributed by atoms with Crippen LogP contribution in [-0.2, 0) is 6.42 Å². The van der Waals surface area contributed by atoms with E-state index in [0.29, 0.717) is 5.82 Å². The van der Waals surface area contributed by atoms with Gasteiger partial charge in [-0.1, -0.05) is 0 Å². The van der Waals surface area contributed by atoms with Gasteiger partial charge in [-0.2, -0.15) is 0 Å². The van der Waals surface area contributed by atoms with E-state index in [4.69, 9.17) is 4.42 Å². The van der Waals surface area contributed by atoms with Gasteiger partial charge in [0.2, 0.25) is 5.78 Å². The average Bonchev–Trinajstić information content (AvgIpc) is 2.86. The lowest BCUT2D eigenvalue weighted by molar-refractivity contribution is -0.402. The van der Waals surface area contributed by atoms with Crippen LogP contribution in [0.5, 0.6) is 0 Å². The molecule has 0 aromatic carbocycles. The van der Waals surface area contributed by atoms with Crippen LogP contribution in [-0.4, -0.2) is 20.7 Å². The highest BCUT2D eigenvalue weighted by molar-refractivity contribution is 5.94. The van der Waals surface area contributed by atoms with Crippen LogP contribution in [0.2, 0.25) is 0 Å². The lowest BCUT2D eigenvalue weighted by atomic mass is 10.2. The molecule has 0 aliphatic carbocycles. The van der Waals surface area contributed by atoms with E-state index in [1.165, 1.54) is 12.3 Å². The SMILES string of the molecule is O=C(Cc1ncc[nH]1)c1ccc([N+](=O)[O-])o1. The van der Waals surface area contributed by atoms with Crippen molar-refractivity contribution < 1.29 is 14.1 Å². The van der Waals surface area contributed by atoms with Crippen molar-refractivity contribution >= 4 is 11.7 Å². The summed E-state index contributed by atoms with van der Waals surface area (Å²) in [7, 11) is 0. The summed E-state index contributed by atoms with van der Waals surface area (Å²) in [5, 5.41) is 10.3. The Morgan fingerprint density at radius 3 is 2.94 bits per heavy atom. The van der Waals surface area contributed by atoms with E-state index in [0.717, 1.165) is 6.07 Å². The molecule has 2 heterocycles. The summed E-state index contributed by atoms with van der Waals surface area (Å²) in [5.41, 5.74) is 0. The molecule has 2 aromatic heterocycles. The molecular weight excluding hydrogens is 214 g/mol. The molecule has 2 rings (SSSR count). The van der Waals surface area contributed by atoms with Crippen LogP contribution in [0, 0.1) is 10.1 Å². The van der Waals surface area contributed by atoms with Crippen molar-refractivity contribution in [2.45, 2.75) is 6.42 Å². The largest absolute Gasteiger partial charge is 0.433 e. The molecule has 7 nitrogen and oxygen atoms in total. The molecule has 16 heavy (non-hydrogen) atoms. The number of carbonyl (C=O) groups is 1. The fourth-order valence-corrected chi connectivity index (χ4v) is 1.21. The number of hydrogen-bond donors (Lipinski definition) is 1. The van der Waals surface area contributed by atoms with Crippen LogP contribution in [0.25, 0.3) is 0 Å². The molecule has 0 aliphatic rings. The van der Waals surface area contributed by atoms with E-state index in [9.17, 15) is 14.9 Å². The van der Waals surface area contributed by atoms with E-state index in [-0.39, 0.29) is 18.0 Å². The van der Waals surface area contributed by atoms with Crippen molar-refractivity contribution in [3.63, 3.8) is 0 Å². The van der Waals surface area contributed by atoms with Crippen LogP contribution in [0.1, 0.15) is 16.4 Å². The van der Waals surface area contributed by atoms with Gasteiger partial charge in [-0.05, 0) is 6.07 Å². The van der Waals surface area contributed by atoms with Crippen LogP contribution < -0.4 is 0 Å². The molecule has 0 saturated heterocycles. The molecule has 0 aliphatic heterocycles. The Hall–Kier alpha value is -2.44. The van der Waals surface area contributed by atoms with Gasteiger partial charge >= 0.3 is 5.88 Å². The summed E-state index contributed by atoms with van der Waals surface area (Å²) in [4.78, 5) is 27.8. The molecule has 0 atom stereocenters. The number of aromatic nitrogens is 2. The number of rotatable bonds is 4. The highest BCUT2D eigenvalue weighted by atomic mass is 16.6. The van der Waals surface area contributed by atoms with Gasteiger partial charge < -0.3 is 9.40 Å². The minimum atomic E-state index is -0.691. The first-order valence-corrected chi connectivity index (χ1v) is 4.42. The quantitative estimate of drug-likeness (QED) is 0.476. The molecular formula is C9H7N3O4. The fourth-order valence-electron chi connectivity index (χ4n) is 1.21. The minimum absolute atomic E-state index is 0.0255. The normalized spacial score (nSPS) is 10.2. The second-order valence-corrected chi connectivity index (χ2v) is 3.03. The zero-order valence-electron chi connectivity index (χ0n) is 8.04. The van der Waals surface area contributed by atoms with Gasteiger partial charge in [0.05, 0.1) is 12.5 Å². The van der Waals surface area contributed by atoms with Crippen molar-refractivity contribution in [2.75, 3.05) is 0 Å². The minimum Gasteiger partial charge on any atom is -0.397 e. The first-order chi connectivity index (χ1) is 7.66. The molecule has 82 valence electrons. The Morgan fingerprint density at radius 1 is 1.56 bits per heavy atom.